The van der Waals surface area contributed by atoms with Crippen LogP contribution >= 0.6 is 0 Å². The largest absolute Gasteiger partial charge is 0.508 e. The Balaban J connectivity index is 0.000000172. The van der Waals surface area contributed by atoms with Crippen LogP contribution in [0.2, 0.25) is 0 Å². The van der Waals surface area contributed by atoms with E-state index in [4.69, 9.17) is 14.6 Å². The Hall–Kier alpha value is -4.18. The highest BCUT2D eigenvalue weighted by Crippen LogP contribution is 2.36. The van der Waals surface area contributed by atoms with E-state index in [1.807, 2.05) is 32.0 Å². The Morgan fingerprint density at radius 1 is 0.644 bits per heavy atom. The van der Waals surface area contributed by atoms with Gasteiger partial charge in [-0.1, -0.05) is 74.2 Å². The monoisotopic (exact) mass is 809 g/mol. The van der Waals surface area contributed by atoms with Gasteiger partial charge >= 0.3 is 11.9 Å². The van der Waals surface area contributed by atoms with E-state index in [1.165, 1.54) is 65.8 Å². The molecule has 0 radical (unpaired) electrons. The molecule has 2 saturated carbocycles. The maximum Gasteiger partial charge on any atom is 0.309 e. The van der Waals surface area contributed by atoms with Gasteiger partial charge in [-0.3, -0.25) is 19.4 Å². The third kappa shape index (κ3) is 12.2. The van der Waals surface area contributed by atoms with Gasteiger partial charge in [0, 0.05) is 24.2 Å². The van der Waals surface area contributed by atoms with Gasteiger partial charge in [0.1, 0.15) is 11.5 Å². The van der Waals surface area contributed by atoms with Crippen LogP contribution in [0, 0.1) is 25.7 Å². The molecule has 9 heteroatoms. The van der Waals surface area contributed by atoms with Crippen LogP contribution in [0.1, 0.15) is 119 Å². The summed E-state index contributed by atoms with van der Waals surface area (Å²) < 4.78 is 11.7. The van der Waals surface area contributed by atoms with Gasteiger partial charge in [0.15, 0.2) is 0 Å². The molecular weight excluding hydrogens is 741 g/mol. The highest BCUT2D eigenvalue weighted by molar-refractivity contribution is 5.91. The number of carboxylic acids is 1. The lowest BCUT2D eigenvalue weighted by atomic mass is 9.94. The molecule has 4 aliphatic rings. The smallest absolute Gasteiger partial charge is 0.309 e. The van der Waals surface area contributed by atoms with Crippen molar-refractivity contribution < 1.29 is 34.4 Å². The number of nitrogens with zero attached hydrogens (tertiary/aromatic N) is 2. The molecule has 0 spiro atoms. The van der Waals surface area contributed by atoms with Crippen molar-refractivity contribution in [3.8, 4) is 11.5 Å². The molecule has 9 nitrogen and oxygen atoms in total. The van der Waals surface area contributed by atoms with Crippen LogP contribution in [0.5, 0.6) is 11.5 Å². The standard InChI is InChI=1S/C24H31NO3.C20H25NO3.C6H12O/c1-17-15-23(28-19-7-3-2-4-8-19)22(21-10-6-5-9-20(17)21)16-25-13-11-18(12-14-25)24(26)27;1-3-24-20(23)15-8-10-21(11-9-15)13-18-17-7-5-4-6-16(17)14(2)12-19(18)22;7-6-4-2-1-3-5-6/h5-6,9-10,15,18-19H,2-4,7-8,11-14,16H2,1H3,(H,26,27);4-7,12,15,22H,3,8-11,13H2,1-2H3;6-7H,1-5H2. The second kappa shape index (κ2) is 21.9. The number of piperidine rings is 2. The topological polar surface area (TPSA) is 120 Å². The van der Waals surface area contributed by atoms with Crippen molar-refractivity contribution in [3.05, 3.63) is 82.9 Å². The molecule has 0 bridgehead atoms. The molecular formula is C50H68N2O7. The summed E-state index contributed by atoms with van der Waals surface area (Å²) in [6, 6.07) is 20.9. The first-order valence-electron chi connectivity index (χ1n) is 22.5. The summed E-state index contributed by atoms with van der Waals surface area (Å²) in [6.07, 6.45) is 15.5. The van der Waals surface area contributed by atoms with Crippen LogP contribution in [-0.4, -0.2) is 82.1 Å². The summed E-state index contributed by atoms with van der Waals surface area (Å²) >= 11 is 0. The lowest BCUT2D eigenvalue weighted by molar-refractivity contribution is -0.149. The summed E-state index contributed by atoms with van der Waals surface area (Å²) in [5.74, 6) is 0.498. The number of rotatable bonds is 9. The van der Waals surface area contributed by atoms with Gasteiger partial charge in [-0.2, -0.15) is 0 Å². The molecule has 2 heterocycles. The van der Waals surface area contributed by atoms with Gasteiger partial charge < -0.3 is 24.8 Å². The number of hydrogen-bond donors (Lipinski definition) is 3. The van der Waals surface area contributed by atoms with Crippen LogP contribution in [0.15, 0.2) is 60.7 Å². The van der Waals surface area contributed by atoms with Crippen molar-refractivity contribution in [2.75, 3.05) is 32.8 Å². The lowest BCUT2D eigenvalue weighted by Crippen LogP contribution is -2.36. The van der Waals surface area contributed by atoms with E-state index in [2.05, 4.69) is 59.2 Å². The van der Waals surface area contributed by atoms with Gasteiger partial charge in [-0.25, -0.2) is 0 Å². The number of aliphatic hydroxyl groups excluding tert-OH is 1. The molecule has 3 N–H and O–H groups in total. The third-order valence-corrected chi connectivity index (χ3v) is 13.0. The first-order valence-corrected chi connectivity index (χ1v) is 22.5. The van der Waals surface area contributed by atoms with E-state index < -0.39 is 5.97 Å². The molecule has 0 aromatic heterocycles. The number of esters is 1. The van der Waals surface area contributed by atoms with Crippen LogP contribution in [0.4, 0.5) is 0 Å². The second-order valence-corrected chi connectivity index (χ2v) is 17.3. The lowest BCUT2D eigenvalue weighted by Gasteiger charge is -2.32. The molecule has 2 aliphatic heterocycles. The zero-order chi connectivity index (χ0) is 41.7. The zero-order valence-corrected chi connectivity index (χ0v) is 35.8. The van der Waals surface area contributed by atoms with Crippen LogP contribution in [0.3, 0.4) is 0 Å². The number of carbonyl (C=O) groups excluding carboxylic acids is 1. The van der Waals surface area contributed by atoms with Crippen LogP contribution in [0.25, 0.3) is 21.5 Å². The Labute approximate surface area is 351 Å². The molecule has 320 valence electrons. The molecule has 59 heavy (non-hydrogen) atoms. The SMILES string of the molecule is CCOC(=O)C1CCN(Cc2c(O)cc(C)c3ccccc23)CC1.Cc1cc(OC2CCCCC2)c(CN2CCC(C(=O)O)CC2)c2ccccc12.OC1CCCCC1. The summed E-state index contributed by atoms with van der Waals surface area (Å²) in [5, 5.41) is 33.5. The number of hydrogen-bond acceptors (Lipinski definition) is 8. The number of aliphatic carboxylic acids is 1. The van der Waals surface area contributed by atoms with Crippen molar-refractivity contribution in [1.29, 1.82) is 0 Å². The number of aromatic hydroxyl groups is 1. The van der Waals surface area contributed by atoms with E-state index in [1.54, 1.807) is 0 Å². The number of carboxylic acid groups (broad SMARTS) is 1. The number of fused-ring (bicyclic) bond motifs is 2. The van der Waals surface area contributed by atoms with Crippen molar-refractivity contribution in [3.63, 3.8) is 0 Å². The number of phenols is 1. The molecule has 4 aromatic rings. The number of benzene rings is 4. The molecule has 2 saturated heterocycles. The molecule has 2 aliphatic carbocycles. The van der Waals surface area contributed by atoms with Crippen molar-refractivity contribution in [1.82, 2.24) is 9.80 Å². The fourth-order valence-corrected chi connectivity index (χ4v) is 9.43. The molecule has 0 amide bonds. The molecule has 8 rings (SSSR count). The molecule has 4 aromatic carbocycles. The highest BCUT2D eigenvalue weighted by atomic mass is 16.5. The van der Waals surface area contributed by atoms with Gasteiger partial charge in [-0.05, 0) is 156 Å². The summed E-state index contributed by atoms with van der Waals surface area (Å²) in [7, 11) is 0. The minimum atomic E-state index is -0.651. The average Bonchev–Trinajstić information content (AvgIpc) is 3.25. The summed E-state index contributed by atoms with van der Waals surface area (Å²) in [4.78, 5) is 27.8. The zero-order valence-electron chi connectivity index (χ0n) is 35.8. The third-order valence-electron chi connectivity index (χ3n) is 13.0. The van der Waals surface area contributed by atoms with Crippen molar-refractivity contribution >= 4 is 33.5 Å². The number of ether oxygens (including phenoxy) is 2. The minimum Gasteiger partial charge on any atom is -0.508 e. The summed E-state index contributed by atoms with van der Waals surface area (Å²) in [6.45, 7) is 11.4. The van der Waals surface area contributed by atoms with Crippen LogP contribution in [-0.2, 0) is 27.4 Å². The van der Waals surface area contributed by atoms with E-state index in [-0.39, 0.29) is 23.9 Å². The Bertz CT molecular complexity index is 1970. The van der Waals surface area contributed by atoms with Gasteiger partial charge in [0.2, 0.25) is 0 Å². The molecule has 0 unspecified atom stereocenters. The minimum absolute atomic E-state index is 0.0181. The molecule has 4 fully saturated rings. The molecule has 0 atom stereocenters. The van der Waals surface area contributed by atoms with Crippen molar-refractivity contribution in [2.45, 2.75) is 136 Å². The quantitative estimate of drug-likeness (QED) is 0.142. The first kappa shape index (κ1) is 44.4. The normalized spacial score (nSPS) is 19.1. The highest BCUT2D eigenvalue weighted by Gasteiger charge is 2.28. The predicted molar refractivity (Wildman–Crippen MR) is 236 cm³/mol. The summed E-state index contributed by atoms with van der Waals surface area (Å²) in [5.41, 5.74) is 4.59. The fourth-order valence-electron chi connectivity index (χ4n) is 9.43. The van der Waals surface area contributed by atoms with Gasteiger partial charge in [-0.15, -0.1) is 0 Å². The number of aryl methyl sites for hydroxylation is 2. The Morgan fingerprint density at radius 3 is 1.63 bits per heavy atom. The number of phenolic OH excluding ortho intramolecular Hbond substituents is 1. The van der Waals surface area contributed by atoms with Crippen LogP contribution < -0.4 is 4.74 Å². The van der Waals surface area contributed by atoms with E-state index in [9.17, 15) is 19.8 Å². The maximum absolute atomic E-state index is 11.8. The van der Waals surface area contributed by atoms with E-state index in [0.717, 1.165) is 106 Å². The number of aliphatic hydroxyl groups is 1. The predicted octanol–water partition coefficient (Wildman–Crippen LogP) is 10.1. The number of carbonyl (C=O) groups is 2. The van der Waals surface area contributed by atoms with E-state index in [0.29, 0.717) is 25.0 Å². The van der Waals surface area contributed by atoms with Crippen molar-refractivity contribution in [2.24, 2.45) is 11.8 Å². The second-order valence-electron chi connectivity index (χ2n) is 17.3. The first-order chi connectivity index (χ1) is 28.6. The Kier molecular flexibility index (Phi) is 16.5. The number of likely N-dealkylation sites (tertiary alicyclic amines) is 2. The maximum atomic E-state index is 11.8. The van der Waals surface area contributed by atoms with Gasteiger partial charge in [0.05, 0.1) is 30.7 Å². The van der Waals surface area contributed by atoms with Gasteiger partial charge in [0.25, 0.3) is 0 Å². The Morgan fingerprint density at radius 2 is 1.12 bits per heavy atom. The average molecular weight is 809 g/mol. The fraction of sp³-hybridized carbons (Fsp3) is 0.560. The van der Waals surface area contributed by atoms with E-state index >= 15 is 0 Å².